The van der Waals surface area contributed by atoms with Gasteiger partial charge in [0.25, 0.3) is 0 Å². The molecule has 0 aromatic carbocycles. The van der Waals surface area contributed by atoms with Gasteiger partial charge in [0.2, 0.25) is 0 Å². The summed E-state index contributed by atoms with van der Waals surface area (Å²) in [4.78, 5) is 2.60. The summed E-state index contributed by atoms with van der Waals surface area (Å²) < 4.78 is 5.96. The number of hydrogen-bond acceptors (Lipinski definition) is 3. The number of nitrogens with two attached hydrogens (primary N) is 1. The van der Waals surface area contributed by atoms with Gasteiger partial charge in [0.05, 0.1) is 12.2 Å². The lowest BCUT2D eigenvalue weighted by Gasteiger charge is -2.41. The van der Waals surface area contributed by atoms with E-state index in [0.29, 0.717) is 12.2 Å². The molecule has 3 nitrogen and oxygen atoms in total. The predicted molar refractivity (Wildman–Crippen MR) is 71.1 cm³/mol. The average Bonchev–Trinajstić information content (AvgIpc) is 2.95. The Morgan fingerprint density at radius 2 is 2.00 bits per heavy atom. The molecule has 1 heterocycles. The molecule has 0 radical (unpaired) electrons. The third-order valence-corrected chi connectivity index (χ3v) is 4.71. The van der Waals surface area contributed by atoms with Crippen molar-refractivity contribution in [3.8, 4) is 0 Å². The maximum atomic E-state index is 6.06. The molecule has 1 saturated heterocycles. The summed E-state index contributed by atoms with van der Waals surface area (Å²) in [6, 6.07) is 0. The molecule has 0 bridgehead atoms. The summed E-state index contributed by atoms with van der Waals surface area (Å²) in [7, 11) is 0. The second kappa shape index (κ2) is 5.68. The zero-order valence-corrected chi connectivity index (χ0v) is 11.5. The Kier molecular flexibility index (Phi) is 4.45. The number of ether oxygens (including phenoxy) is 1. The first-order chi connectivity index (χ1) is 8.20. The minimum absolute atomic E-state index is 0.282. The van der Waals surface area contributed by atoms with Crippen LogP contribution in [0.25, 0.3) is 0 Å². The lowest BCUT2D eigenvalue weighted by atomic mass is 9.94. The molecule has 2 atom stereocenters. The molecule has 3 heteroatoms. The number of nitrogens with zero attached hydrogens (tertiary/aromatic N) is 1. The van der Waals surface area contributed by atoms with Gasteiger partial charge in [0.1, 0.15) is 0 Å². The molecule has 2 N–H and O–H groups in total. The highest BCUT2D eigenvalue weighted by Crippen LogP contribution is 2.35. The van der Waals surface area contributed by atoms with Gasteiger partial charge in [-0.05, 0) is 39.2 Å². The summed E-state index contributed by atoms with van der Waals surface area (Å²) in [5.74, 6) is 0. The van der Waals surface area contributed by atoms with Gasteiger partial charge >= 0.3 is 0 Å². The number of likely N-dealkylation sites (N-methyl/N-ethyl adjacent to an activating group) is 1. The van der Waals surface area contributed by atoms with Crippen molar-refractivity contribution in [1.82, 2.24) is 4.90 Å². The fourth-order valence-electron chi connectivity index (χ4n) is 3.61. The highest BCUT2D eigenvalue weighted by molar-refractivity contribution is 4.96. The minimum Gasteiger partial charge on any atom is -0.374 e. The SMILES string of the molecule is CCN(CC1CCC(C)O1)C1(CN)CCCC1. The first-order valence-electron chi connectivity index (χ1n) is 7.31. The summed E-state index contributed by atoms with van der Waals surface area (Å²) in [5.41, 5.74) is 6.35. The van der Waals surface area contributed by atoms with Crippen LogP contribution in [0.2, 0.25) is 0 Å². The molecule has 1 saturated carbocycles. The molecule has 0 aromatic rings. The first kappa shape index (κ1) is 13.3. The second-order valence-corrected chi connectivity index (χ2v) is 5.82. The lowest BCUT2D eigenvalue weighted by Crippen LogP contribution is -2.54. The van der Waals surface area contributed by atoms with Crippen LogP contribution < -0.4 is 5.73 Å². The lowest BCUT2D eigenvalue weighted by molar-refractivity contribution is 0.00152. The average molecular weight is 240 g/mol. The van der Waals surface area contributed by atoms with Crippen LogP contribution in [0.5, 0.6) is 0 Å². The van der Waals surface area contributed by atoms with Crippen molar-refractivity contribution in [2.45, 2.75) is 70.1 Å². The maximum Gasteiger partial charge on any atom is 0.0706 e. The zero-order chi connectivity index (χ0) is 12.3. The summed E-state index contributed by atoms with van der Waals surface area (Å²) in [5, 5.41) is 0. The monoisotopic (exact) mass is 240 g/mol. The minimum atomic E-state index is 0.282. The molecule has 17 heavy (non-hydrogen) atoms. The van der Waals surface area contributed by atoms with Crippen molar-refractivity contribution < 1.29 is 4.74 Å². The van der Waals surface area contributed by atoms with E-state index in [1.807, 2.05) is 0 Å². The molecule has 2 aliphatic rings. The predicted octanol–water partition coefficient (Wildman–Crippen LogP) is 2.15. The fraction of sp³-hybridized carbons (Fsp3) is 1.00. The molecular formula is C14H28N2O. The Morgan fingerprint density at radius 3 is 2.47 bits per heavy atom. The van der Waals surface area contributed by atoms with Crippen LogP contribution in [-0.2, 0) is 4.74 Å². The Hall–Kier alpha value is -0.120. The third-order valence-electron chi connectivity index (χ3n) is 4.71. The van der Waals surface area contributed by atoms with Crippen molar-refractivity contribution in [3.05, 3.63) is 0 Å². The van der Waals surface area contributed by atoms with Crippen molar-refractivity contribution >= 4 is 0 Å². The van der Waals surface area contributed by atoms with E-state index in [1.54, 1.807) is 0 Å². The van der Waals surface area contributed by atoms with Gasteiger partial charge in [0.15, 0.2) is 0 Å². The zero-order valence-electron chi connectivity index (χ0n) is 11.5. The molecule has 0 aromatic heterocycles. The maximum absolute atomic E-state index is 6.06. The van der Waals surface area contributed by atoms with Crippen molar-refractivity contribution in [2.24, 2.45) is 5.73 Å². The van der Waals surface area contributed by atoms with Gasteiger partial charge in [-0.15, -0.1) is 0 Å². The van der Waals surface area contributed by atoms with E-state index in [0.717, 1.165) is 19.6 Å². The molecule has 1 aliphatic carbocycles. The largest absolute Gasteiger partial charge is 0.374 e. The molecule has 0 spiro atoms. The van der Waals surface area contributed by atoms with Crippen LogP contribution in [0.4, 0.5) is 0 Å². The van der Waals surface area contributed by atoms with Crippen LogP contribution in [-0.4, -0.2) is 42.3 Å². The van der Waals surface area contributed by atoms with Gasteiger partial charge in [-0.2, -0.15) is 0 Å². The molecule has 2 unspecified atom stereocenters. The van der Waals surface area contributed by atoms with Crippen LogP contribution in [0, 0.1) is 0 Å². The van der Waals surface area contributed by atoms with Gasteiger partial charge in [0, 0.05) is 18.6 Å². The Labute approximate surface area is 106 Å². The quantitative estimate of drug-likeness (QED) is 0.800. The summed E-state index contributed by atoms with van der Waals surface area (Å²) in [6.45, 7) is 7.44. The first-order valence-corrected chi connectivity index (χ1v) is 7.31. The molecule has 1 aliphatic heterocycles. The van der Waals surface area contributed by atoms with Crippen LogP contribution in [0.3, 0.4) is 0 Å². The van der Waals surface area contributed by atoms with Crippen LogP contribution >= 0.6 is 0 Å². The van der Waals surface area contributed by atoms with Gasteiger partial charge in [-0.1, -0.05) is 19.8 Å². The van der Waals surface area contributed by atoms with Crippen LogP contribution in [0.15, 0.2) is 0 Å². The van der Waals surface area contributed by atoms with E-state index in [9.17, 15) is 0 Å². The molecular weight excluding hydrogens is 212 g/mol. The molecule has 2 fully saturated rings. The number of rotatable bonds is 5. The van der Waals surface area contributed by atoms with E-state index >= 15 is 0 Å². The summed E-state index contributed by atoms with van der Waals surface area (Å²) >= 11 is 0. The van der Waals surface area contributed by atoms with E-state index < -0.39 is 0 Å². The Bertz CT molecular complexity index is 238. The fourth-order valence-corrected chi connectivity index (χ4v) is 3.61. The Morgan fingerprint density at radius 1 is 1.29 bits per heavy atom. The van der Waals surface area contributed by atoms with Gasteiger partial charge < -0.3 is 10.5 Å². The topological polar surface area (TPSA) is 38.5 Å². The molecule has 2 rings (SSSR count). The second-order valence-electron chi connectivity index (χ2n) is 5.82. The van der Waals surface area contributed by atoms with E-state index in [-0.39, 0.29) is 5.54 Å². The number of hydrogen-bond donors (Lipinski definition) is 1. The molecule has 0 amide bonds. The van der Waals surface area contributed by atoms with E-state index in [2.05, 4.69) is 18.7 Å². The highest BCUT2D eigenvalue weighted by Gasteiger charge is 2.39. The van der Waals surface area contributed by atoms with E-state index in [1.165, 1.54) is 38.5 Å². The van der Waals surface area contributed by atoms with E-state index in [4.69, 9.17) is 10.5 Å². The standard InChI is InChI=1S/C14H28N2O/c1-3-16(10-13-7-6-12(2)17-13)14(11-15)8-4-5-9-14/h12-13H,3-11,15H2,1-2H3. The third kappa shape index (κ3) is 2.83. The highest BCUT2D eigenvalue weighted by atomic mass is 16.5. The van der Waals surface area contributed by atoms with Crippen LogP contribution in [0.1, 0.15) is 52.4 Å². The van der Waals surface area contributed by atoms with Crippen molar-refractivity contribution in [3.63, 3.8) is 0 Å². The van der Waals surface area contributed by atoms with Crippen molar-refractivity contribution in [1.29, 1.82) is 0 Å². The normalized spacial score (nSPS) is 32.5. The summed E-state index contributed by atoms with van der Waals surface area (Å²) in [6.07, 6.45) is 8.57. The van der Waals surface area contributed by atoms with Gasteiger partial charge in [-0.3, -0.25) is 4.90 Å². The van der Waals surface area contributed by atoms with Gasteiger partial charge in [-0.25, -0.2) is 0 Å². The smallest absolute Gasteiger partial charge is 0.0706 e. The van der Waals surface area contributed by atoms with Crippen molar-refractivity contribution in [2.75, 3.05) is 19.6 Å². The Balaban J connectivity index is 1.95. The molecule has 100 valence electrons.